The lowest BCUT2D eigenvalue weighted by atomic mass is 10.2. The molecule has 7 nitrogen and oxygen atoms in total. The predicted molar refractivity (Wildman–Crippen MR) is 119 cm³/mol. The van der Waals surface area contributed by atoms with Gasteiger partial charge in [-0.2, -0.15) is 5.10 Å². The summed E-state index contributed by atoms with van der Waals surface area (Å²) in [5, 5.41) is 10.2. The number of aromatic nitrogens is 2. The number of nitrogens with one attached hydrogen (secondary N) is 2. The van der Waals surface area contributed by atoms with Crippen molar-refractivity contribution in [2.45, 2.75) is 13.5 Å². The Hall–Kier alpha value is -3.84. The summed E-state index contributed by atoms with van der Waals surface area (Å²) in [6.07, 6.45) is 1.43. The van der Waals surface area contributed by atoms with Crippen molar-refractivity contribution >= 4 is 34.8 Å². The van der Waals surface area contributed by atoms with E-state index in [9.17, 15) is 9.59 Å². The molecule has 0 spiro atoms. The fourth-order valence-corrected chi connectivity index (χ4v) is 3.42. The lowest BCUT2D eigenvalue weighted by molar-refractivity contribution is 0.0994. The fraction of sp³-hybridized carbons (Fsp3) is 0.0870. The first-order valence-electron chi connectivity index (χ1n) is 9.54. The van der Waals surface area contributed by atoms with Gasteiger partial charge in [-0.15, -0.1) is 0 Å². The van der Waals surface area contributed by atoms with Gasteiger partial charge in [0.25, 0.3) is 11.8 Å². The maximum Gasteiger partial charge on any atom is 0.291 e. The highest BCUT2D eigenvalue weighted by Gasteiger charge is 2.20. The molecule has 2 heterocycles. The van der Waals surface area contributed by atoms with E-state index in [-0.39, 0.29) is 22.7 Å². The van der Waals surface area contributed by atoms with E-state index in [1.165, 1.54) is 6.26 Å². The summed E-state index contributed by atoms with van der Waals surface area (Å²) >= 11 is 6.46. The molecule has 0 saturated carbocycles. The third-order valence-electron chi connectivity index (χ3n) is 4.61. The van der Waals surface area contributed by atoms with Crippen molar-refractivity contribution in [2.24, 2.45) is 0 Å². The van der Waals surface area contributed by atoms with Gasteiger partial charge in [-0.05, 0) is 48.9 Å². The number of carbonyl (C=O) groups excluding carboxylic acids is 2. The zero-order chi connectivity index (χ0) is 21.8. The molecule has 0 saturated heterocycles. The summed E-state index contributed by atoms with van der Waals surface area (Å²) in [6.45, 7) is 2.22. The van der Waals surface area contributed by atoms with Gasteiger partial charge in [-0.3, -0.25) is 9.59 Å². The number of halogens is 1. The van der Waals surface area contributed by atoms with Gasteiger partial charge in [0.15, 0.2) is 5.76 Å². The zero-order valence-electron chi connectivity index (χ0n) is 16.6. The Morgan fingerprint density at radius 1 is 0.935 bits per heavy atom. The number of amides is 2. The molecule has 0 unspecified atom stereocenters. The fourth-order valence-electron chi connectivity index (χ4n) is 3.10. The molecule has 0 fully saturated rings. The van der Waals surface area contributed by atoms with E-state index in [1.807, 2.05) is 30.3 Å². The van der Waals surface area contributed by atoms with Crippen molar-refractivity contribution < 1.29 is 14.0 Å². The maximum absolute atomic E-state index is 12.8. The summed E-state index contributed by atoms with van der Waals surface area (Å²) in [5.41, 5.74) is 3.04. The minimum absolute atomic E-state index is 0.218. The average molecular weight is 435 g/mol. The number of aryl methyl sites for hydroxylation is 1. The van der Waals surface area contributed by atoms with Crippen LogP contribution in [0.15, 0.2) is 77.4 Å². The molecule has 2 aromatic carbocycles. The molecule has 0 bridgehead atoms. The summed E-state index contributed by atoms with van der Waals surface area (Å²) in [6, 6.07) is 19.7. The van der Waals surface area contributed by atoms with Crippen LogP contribution in [0.25, 0.3) is 0 Å². The third-order valence-corrected chi connectivity index (χ3v) is 5.00. The van der Waals surface area contributed by atoms with Crippen LogP contribution < -0.4 is 10.6 Å². The van der Waals surface area contributed by atoms with E-state index in [1.54, 1.807) is 48.0 Å². The molecule has 0 aliphatic heterocycles. The highest BCUT2D eigenvalue weighted by atomic mass is 35.5. The molecule has 0 aliphatic rings. The smallest absolute Gasteiger partial charge is 0.291 e. The number of hydrogen-bond donors (Lipinski definition) is 2. The first-order chi connectivity index (χ1) is 15.0. The normalized spacial score (nSPS) is 10.6. The van der Waals surface area contributed by atoms with E-state index in [0.29, 0.717) is 29.2 Å². The van der Waals surface area contributed by atoms with E-state index in [2.05, 4.69) is 15.7 Å². The second kappa shape index (κ2) is 8.89. The second-order valence-corrected chi connectivity index (χ2v) is 7.22. The Bertz CT molecular complexity index is 1200. The molecule has 0 aliphatic carbocycles. The first-order valence-corrected chi connectivity index (χ1v) is 9.92. The zero-order valence-corrected chi connectivity index (χ0v) is 17.4. The van der Waals surface area contributed by atoms with Gasteiger partial charge in [0, 0.05) is 11.4 Å². The van der Waals surface area contributed by atoms with Crippen LogP contribution in [-0.2, 0) is 6.54 Å². The van der Waals surface area contributed by atoms with Gasteiger partial charge >= 0.3 is 0 Å². The standard InChI is InChI=1S/C23H19ClN4O3/c1-15-20(21(24)28(27-15)14-16-6-3-2-4-7-16)23(30)26-18-11-9-17(10-12-18)25-22(29)19-8-5-13-31-19/h2-13H,14H2,1H3,(H,25,29)(H,26,30). The predicted octanol–water partition coefficient (Wildman–Crippen LogP) is 4.99. The largest absolute Gasteiger partial charge is 0.459 e. The SMILES string of the molecule is Cc1nn(Cc2ccccc2)c(Cl)c1C(=O)Nc1ccc(NC(=O)c2ccco2)cc1. The molecule has 0 atom stereocenters. The van der Waals surface area contributed by atoms with Crippen LogP contribution in [0.2, 0.25) is 5.15 Å². The molecule has 4 rings (SSSR count). The van der Waals surface area contributed by atoms with Crippen LogP contribution in [-0.4, -0.2) is 21.6 Å². The summed E-state index contributed by atoms with van der Waals surface area (Å²) in [7, 11) is 0. The Balaban J connectivity index is 1.44. The molecule has 0 radical (unpaired) electrons. The molecule has 2 amide bonds. The van der Waals surface area contributed by atoms with Crippen molar-refractivity contribution in [1.82, 2.24) is 9.78 Å². The molecular formula is C23H19ClN4O3. The Morgan fingerprint density at radius 3 is 2.19 bits per heavy atom. The van der Waals surface area contributed by atoms with Crippen molar-refractivity contribution in [2.75, 3.05) is 10.6 Å². The van der Waals surface area contributed by atoms with E-state index in [0.717, 1.165) is 5.56 Å². The van der Waals surface area contributed by atoms with Gasteiger partial charge in [-0.25, -0.2) is 4.68 Å². The van der Waals surface area contributed by atoms with Gasteiger partial charge < -0.3 is 15.1 Å². The number of nitrogens with zero attached hydrogens (tertiary/aromatic N) is 2. The minimum atomic E-state index is -0.353. The van der Waals surface area contributed by atoms with Gasteiger partial charge in [0.05, 0.1) is 24.1 Å². The number of anilines is 2. The van der Waals surface area contributed by atoms with Crippen molar-refractivity contribution in [3.8, 4) is 0 Å². The van der Waals surface area contributed by atoms with Gasteiger partial charge in [0.2, 0.25) is 0 Å². The number of benzene rings is 2. The quantitative estimate of drug-likeness (QED) is 0.447. The van der Waals surface area contributed by atoms with E-state index < -0.39 is 0 Å². The van der Waals surface area contributed by atoms with E-state index >= 15 is 0 Å². The van der Waals surface area contributed by atoms with Crippen molar-refractivity contribution in [3.05, 3.63) is 101 Å². The molecular weight excluding hydrogens is 416 g/mol. The molecule has 2 N–H and O–H groups in total. The highest BCUT2D eigenvalue weighted by molar-refractivity contribution is 6.33. The number of hydrogen-bond acceptors (Lipinski definition) is 4. The van der Waals surface area contributed by atoms with E-state index in [4.69, 9.17) is 16.0 Å². The van der Waals surface area contributed by atoms with Crippen LogP contribution in [0.1, 0.15) is 32.2 Å². The molecule has 4 aromatic rings. The minimum Gasteiger partial charge on any atom is -0.459 e. The Labute approximate surface area is 183 Å². The Morgan fingerprint density at radius 2 is 1.58 bits per heavy atom. The molecule has 8 heteroatoms. The second-order valence-electron chi connectivity index (χ2n) is 6.86. The molecule has 31 heavy (non-hydrogen) atoms. The summed E-state index contributed by atoms with van der Waals surface area (Å²) < 4.78 is 6.67. The number of furan rings is 1. The number of rotatable bonds is 6. The van der Waals surface area contributed by atoms with Gasteiger partial charge in [-0.1, -0.05) is 41.9 Å². The lowest BCUT2D eigenvalue weighted by Gasteiger charge is -2.08. The van der Waals surface area contributed by atoms with Crippen LogP contribution in [0.3, 0.4) is 0 Å². The van der Waals surface area contributed by atoms with Crippen LogP contribution in [0, 0.1) is 6.92 Å². The van der Waals surface area contributed by atoms with Crippen LogP contribution in [0.5, 0.6) is 0 Å². The van der Waals surface area contributed by atoms with Crippen LogP contribution in [0.4, 0.5) is 11.4 Å². The molecule has 2 aromatic heterocycles. The number of carbonyl (C=O) groups is 2. The Kier molecular flexibility index (Phi) is 5.86. The van der Waals surface area contributed by atoms with Gasteiger partial charge in [0.1, 0.15) is 5.15 Å². The first kappa shape index (κ1) is 20.4. The highest BCUT2D eigenvalue weighted by Crippen LogP contribution is 2.23. The maximum atomic E-state index is 12.8. The average Bonchev–Trinajstić information content (AvgIpc) is 3.39. The third kappa shape index (κ3) is 4.67. The monoisotopic (exact) mass is 434 g/mol. The van der Waals surface area contributed by atoms with Crippen molar-refractivity contribution in [3.63, 3.8) is 0 Å². The lowest BCUT2D eigenvalue weighted by Crippen LogP contribution is -2.14. The van der Waals surface area contributed by atoms with Crippen LogP contribution >= 0.6 is 11.6 Å². The topological polar surface area (TPSA) is 89.2 Å². The van der Waals surface area contributed by atoms with Crippen molar-refractivity contribution in [1.29, 1.82) is 0 Å². The summed E-state index contributed by atoms with van der Waals surface area (Å²) in [4.78, 5) is 24.8. The molecule has 156 valence electrons. The summed E-state index contributed by atoms with van der Waals surface area (Å²) in [5.74, 6) is -0.487.